The van der Waals surface area contributed by atoms with Crippen LogP contribution in [0.4, 0.5) is 5.82 Å². The number of aromatic nitrogens is 4. The molecule has 6 nitrogen and oxygen atoms in total. The fourth-order valence-corrected chi connectivity index (χ4v) is 5.08. The summed E-state index contributed by atoms with van der Waals surface area (Å²) < 4.78 is 5.31. The molecule has 106 valence electrons. The molecule has 0 saturated carbocycles. The Morgan fingerprint density at radius 1 is 1.30 bits per heavy atom. The molecular formula is C12H15N5OS2. The highest BCUT2D eigenvalue weighted by Gasteiger charge is 2.30. The number of nitrogens with zero attached hydrogens (tertiary/aromatic N) is 4. The van der Waals surface area contributed by atoms with E-state index < -0.39 is 0 Å². The van der Waals surface area contributed by atoms with Gasteiger partial charge in [-0.25, -0.2) is 9.97 Å². The number of anilines is 1. The first-order chi connectivity index (χ1) is 9.79. The molecular weight excluding hydrogens is 294 g/mol. The fourth-order valence-electron chi connectivity index (χ4n) is 2.10. The van der Waals surface area contributed by atoms with Gasteiger partial charge in [0.25, 0.3) is 5.89 Å². The van der Waals surface area contributed by atoms with Gasteiger partial charge in [-0.05, 0) is 6.42 Å². The molecule has 0 bridgehead atoms. The van der Waals surface area contributed by atoms with Gasteiger partial charge in [0.1, 0.15) is 0 Å². The number of thioether (sulfide) groups is 2. The van der Waals surface area contributed by atoms with E-state index in [1.165, 1.54) is 11.9 Å². The number of rotatable bonds is 3. The van der Waals surface area contributed by atoms with Gasteiger partial charge >= 0.3 is 0 Å². The molecule has 2 aromatic rings. The molecule has 0 amide bonds. The van der Waals surface area contributed by atoms with Gasteiger partial charge in [-0.1, -0.05) is 12.1 Å². The summed E-state index contributed by atoms with van der Waals surface area (Å²) in [5.41, 5.74) is 6.23. The molecule has 1 aliphatic heterocycles. The van der Waals surface area contributed by atoms with Gasteiger partial charge in [-0.3, -0.25) is 0 Å². The van der Waals surface area contributed by atoms with Crippen LogP contribution in [0.25, 0.3) is 11.6 Å². The molecule has 3 heterocycles. The minimum Gasteiger partial charge on any atom is -0.382 e. The second-order valence-electron chi connectivity index (χ2n) is 4.36. The van der Waals surface area contributed by atoms with Crippen molar-refractivity contribution >= 4 is 29.3 Å². The molecule has 1 saturated heterocycles. The predicted molar refractivity (Wildman–Crippen MR) is 81.5 cm³/mol. The molecule has 0 aromatic carbocycles. The molecule has 1 aliphatic rings. The van der Waals surface area contributed by atoms with Gasteiger partial charge in [0, 0.05) is 29.1 Å². The minimum atomic E-state index is 0.272. The first kappa shape index (κ1) is 13.7. The summed E-state index contributed by atoms with van der Waals surface area (Å²) >= 11 is 3.87. The van der Waals surface area contributed by atoms with Crippen molar-refractivity contribution in [3.8, 4) is 11.6 Å². The van der Waals surface area contributed by atoms with E-state index in [2.05, 4.69) is 27.0 Å². The van der Waals surface area contributed by atoms with Crippen LogP contribution >= 0.6 is 23.5 Å². The van der Waals surface area contributed by atoms with Crippen molar-refractivity contribution in [1.29, 1.82) is 0 Å². The van der Waals surface area contributed by atoms with Gasteiger partial charge in [0.15, 0.2) is 17.3 Å². The summed E-state index contributed by atoms with van der Waals surface area (Å²) in [6.07, 6.45) is 4.20. The molecule has 20 heavy (non-hydrogen) atoms. The predicted octanol–water partition coefficient (Wildman–Crippen LogP) is 2.41. The zero-order valence-corrected chi connectivity index (χ0v) is 12.7. The van der Waals surface area contributed by atoms with Crippen molar-refractivity contribution in [2.45, 2.75) is 23.8 Å². The van der Waals surface area contributed by atoms with Gasteiger partial charge < -0.3 is 10.3 Å². The molecule has 8 heteroatoms. The van der Waals surface area contributed by atoms with Crippen LogP contribution in [0.15, 0.2) is 16.9 Å². The topological polar surface area (TPSA) is 90.7 Å². The molecule has 3 rings (SSSR count). The summed E-state index contributed by atoms with van der Waals surface area (Å²) in [5, 5.41) is 4.91. The fraction of sp³-hybridized carbons (Fsp3) is 0.500. The second kappa shape index (κ2) is 6.01. The summed E-state index contributed by atoms with van der Waals surface area (Å²) in [6, 6.07) is 0. The molecule has 2 aromatic heterocycles. The third-order valence-corrected chi connectivity index (χ3v) is 6.32. The summed E-state index contributed by atoms with van der Waals surface area (Å²) in [5.74, 6) is 3.68. The lowest BCUT2D eigenvalue weighted by Gasteiger charge is -2.27. The zero-order valence-electron chi connectivity index (χ0n) is 11.0. The third kappa shape index (κ3) is 2.62. The second-order valence-corrected chi connectivity index (χ2v) is 6.95. The largest absolute Gasteiger partial charge is 0.382 e. The normalized spacial score (nSPS) is 22.9. The van der Waals surface area contributed by atoms with E-state index >= 15 is 0 Å². The number of hydrogen-bond acceptors (Lipinski definition) is 8. The van der Waals surface area contributed by atoms with E-state index in [-0.39, 0.29) is 5.25 Å². The third-order valence-electron chi connectivity index (χ3n) is 3.08. The van der Waals surface area contributed by atoms with Gasteiger partial charge in [0.05, 0.1) is 5.25 Å². The van der Waals surface area contributed by atoms with Crippen LogP contribution in [0.3, 0.4) is 0 Å². The van der Waals surface area contributed by atoms with E-state index in [0.29, 0.717) is 22.7 Å². The number of nitrogens with two attached hydrogens (primary N) is 1. The molecule has 0 spiro atoms. The Morgan fingerprint density at radius 3 is 2.90 bits per heavy atom. The Kier molecular flexibility index (Phi) is 4.11. The maximum Gasteiger partial charge on any atom is 0.280 e. The van der Waals surface area contributed by atoms with Crippen molar-refractivity contribution in [2.24, 2.45) is 0 Å². The van der Waals surface area contributed by atoms with Crippen LogP contribution in [0, 0.1) is 0 Å². The first-order valence-corrected chi connectivity index (χ1v) is 8.53. The first-order valence-electron chi connectivity index (χ1n) is 6.43. The number of hydrogen-bond donors (Lipinski definition) is 1. The van der Waals surface area contributed by atoms with E-state index in [0.717, 1.165) is 18.0 Å². The minimum absolute atomic E-state index is 0.272. The van der Waals surface area contributed by atoms with Gasteiger partial charge in [-0.15, -0.1) is 11.8 Å². The average molecular weight is 309 g/mol. The standard InChI is InChI=1S/C12H15N5OS2/c1-2-7-9(20-6-5-19-7)11-16-12(18-17-11)8-10(13)15-4-3-14-8/h3-4,7,9H,2,5-6H2,1H3,(H2,13,15). The Bertz CT molecular complexity index is 591. The zero-order chi connectivity index (χ0) is 13.9. The van der Waals surface area contributed by atoms with Gasteiger partial charge in [0.2, 0.25) is 0 Å². The number of nitrogen functional groups attached to an aromatic ring is 1. The van der Waals surface area contributed by atoms with Crippen LogP contribution in [0.5, 0.6) is 0 Å². The van der Waals surface area contributed by atoms with Crippen molar-refractivity contribution in [2.75, 3.05) is 17.2 Å². The van der Waals surface area contributed by atoms with Crippen LogP contribution < -0.4 is 5.73 Å². The molecule has 2 atom stereocenters. The molecule has 1 fully saturated rings. The van der Waals surface area contributed by atoms with E-state index in [9.17, 15) is 0 Å². The SMILES string of the molecule is CCC1SCCSC1c1noc(-c2nccnc2N)n1. The molecule has 0 radical (unpaired) electrons. The quantitative estimate of drug-likeness (QED) is 0.924. The van der Waals surface area contributed by atoms with Crippen molar-refractivity contribution in [1.82, 2.24) is 20.1 Å². The smallest absolute Gasteiger partial charge is 0.280 e. The maximum atomic E-state index is 5.78. The van der Waals surface area contributed by atoms with Crippen molar-refractivity contribution in [3.05, 3.63) is 18.2 Å². The van der Waals surface area contributed by atoms with E-state index in [1.807, 2.05) is 23.5 Å². The van der Waals surface area contributed by atoms with Crippen molar-refractivity contribution < 1.29 is 4.52 Å². The lowest BCUT2D eigenvalue weighted by Crippen LogP contribution is -2.19. The van der Waals surface area contributed by atoms with Crippen molar-refractivity contribution in [3.63, 3.8) is 0 Å². The molecule has 2 N–H and O–H groups in total. The Morgan fingerprint density at radius 2 is 2.10 bits per heavy atom. The highest BCUT2D eigenvalue weighted by atomic mass is 32.2. The van der Waals surface area contributed by atoms with Crippen LogP contribution in [-0.4, -0.2) is 36.9 Å². The highest BCUT2D eigenvalue weighted by Crippen LogP contribution is 2.43. The highest BCUT2D eigenvalue weighted by molar-refractivity contribution is 8.06. The van der Waals surface area contributed by atoms with Crippen LogP contribution in [0.2, 0.25) is 0 Å². The lowest BCUT2D eigenvalue weighted by atomic mass is 10.2. The molecule has 0 aliphatic carbocycles. The van der Waals surface area contributed by atoms with Crippen LogP contribution in [-0.2, 0) is 0 Å². The average Bonchev–Trinajstić information content (AvgIpc) is 2.97. The Balaban J connectivity index is 1.88. The van der Waals surface area contributed by atoms with Crippen LogP contribution in [0.1, 0.15) is 24.4 Å². The molecule has 2 unspecified atom stereocenters. The van der Waals surface area contributed by atoms with Gasteiger partial charge in [-0.2, -0.15) is 16.7 Å². The summed E-state index contributed by atoms with van der Waals surface area (Å²) in [7, 11) is 0. The monoisotopic (exact) mass is 309 g/mol. The summed E-state index contributed by atoms with van der Waals surface area (Å²) in [6.45, 7) is 2.19. The van der Waals surface area contributed by atoms with E-state index in [4.69, 9.17) is 10.3 Å². The Hall–Kier alpha value is -1.28. The van der Waals surface area contributed by atoms with E-state index in [1.54, 1.807) is 6.20 Å². The maximum absolute atomic E-state index is 5.78. The summed E-state index contributed by atoms with van der Waals surface area (Å²) in [4.78, 5) is 12.6. The Labute approximate surface area is 125 Å². The lowest BCUT2D eigenvalue weighted by molar-refractivity contribution is 0.420.